The van der Waals surface area contributed by atoms with Crippen LogP contribution in [-0.4, -0.2) is 58.4 Å². The van der Waals surface area contributed by atoms with Crippen molar-refractivity contribution in [2.24, 2.45) is 52.1 Å². The van der Waals surface area contributed by atoms with E-state index in [1.165, 1.54) is 84.2 Å². The summed E-state index contributed by atoms with van der Waals surface area (Å²) in [6, 6.07) is 0.726. The van der Waals surface area contributed by atoms with Gasteiger partial charge in [-0.1, -0.05) is 20.8 Å². The molecule has 41 heavy (non-hydrogen) atoms. The van der Waals surface area contributed by atoms with Crippen molar-refractivity contribution in [1.82, 2.24) is 16.0 Å². The highest BCUT2D eigenvalue weighted by molar-refractivity contribution is 5.69. The maximum atomic E-state index is 11.8. The third kappa shape index (κ3) is 8.08. The van der Waals surface area contributed by atoms with Gasteiger partial charge in [-0.05, 0) is 175 Å². The first-order valence-electron chi connectivity index (χ1n) is 17.7. The molecule has 4 fully saturated rings. The first kappa shape index (κ1) is 33.2. The number of hydrogen-bond donors (Lipinski definition) is 4. The molecule has 4 rings (SSSR count). The van der Waals surface area contributed by atoms with Crippen molar-refractivity contribution in [3.05, 3.63) is 0 Å². The summed E-state index contributed by atoms with van der Waals surface area (Å²) < 4.78 is 4.94. The number of rotatable bonds is 17. The van der Waals surface area contributed by atoms with Crippen LogP contribution in [0.5, 0.6) is 0 Å². The van der Waals surface area contributed by atoms with Crippen LogP contribution in [0.25, 0.3) is 0 Å². The van der Waals surface area contributed by atoms with E-state index in [2.05, 4.69) is 36.7 Å². The van der Waals surface area contributed by atoms with E-state index in [9.17, 15) is 4.79 Å². The topological polar surface area (TPSA) is 88.4 Å². The summed E-state index contributed by atoms with van der Waals surface area (Å²) in [5.74, 6) is 5.05. The van der Waals surface area contributed by atoms with Crippen LogP contribution in [0, 0.1) is 46.3 Å². The molecule has 0 bridgehead atoms. The predicted octanol–water partition coefficient (Wildman–Crippen LogP) is 5.89. The molecule has 6 nitrogen and oxygen atoms in total. The summed E-state index contributed by atoms with van der Waals surface area (Å²) in [5, 5.41) is 11.1. The Balaban J connectivity index is 1.16. The molecule has 238 valence electrons. The highest BCUT2D eigenvalue weighted by atomic mass is 16.5. The lowest BCUT2D eigenvalue weighted by Crippen LogP contribution is -2.55. The normalized spacial score (nSPS) is 37.2. The fraction of sp³-hybridized carbons (Fsp3) is 0.971. The Morgan fingerprint density at radius 3 is 2.27 bits per heavy atom. The molecule has 4 unspecified atom stereocenters. The Bertz CT molecular complexity index is 794. The maximum Gasteiger partial charge on any atom is 0.305 e. The summed E-state index contributed by atoms with van der Waals surface area (Å²) >= 11 is 0. The van der Waals surface area contributed by atoms with Crippen LogP contribution < -0.4 is 21.7 Å². The van der Waals surface area contributed by atoms with E-state index in [0.717, 1.165) is 87.7 Å². The molecule has 0 heterocycles. The van der Waals surface area contributed by atoms with Crippen LogP contribution in [0.1, 0.15) is 117 Å². The molecule has 0 aromatic carbocycles. The van der Waals surface area contributed by atoms with Gasteiger partial charge in [-0.3, -0.25) is 4.79 Å². The van der Waals surface area contributed by atoms with E-state index in [1.807, 2.05) is 0 Å². The quantitative estimate of drug-likeness (QED) is 0.128. The van der Waals surface area contributed by atoms with E-state index < -0.39 is 0 Å². The molecule has 0 amide bonds. The molecule has 0 aromatic heterocycles. The number of carbonyl (C=O) groups excluding carboxylic acids is 1. The monoisotopic (exact) mass is 575 g/mol. The van der Waals surface area contributed by atoms with Gasteiger partial charge >= 0.3 is 5.97 Å². The zero-order chi connectivity index (χ0) is 29.3. The first-order chi connectivity index (χ1) is 19.8. The molecule has 0 radical (unpaired) electrons. The Morgan fingerprint density at radius 2 is 1.54 bits per heavy atom. The molecule has 0 saturated heterocycles. The number of ether oxygens (including phenoxy) is 1. The van der Waals surface area contributed by atoms with Gasteiger partial charge in [0.1, 0.15) is 0 Å². The number of fused-ring (bicyclic) bond motifs is 5. The van der Waals surface area contributed by atoms with Crippen molar-refractivity contribution in [1.29, 1.82) is 0 Å². The smallest absolute Gasteiger partial charge is 0.305 e. The van der Waals surface area contributed by atoms with Crippen LogP contribution in [-0.2, 0) is 9.53 Å². The highest BCUT2D eigenvalue weighted by Gasteiger charge is 2.60. The first-order valence-corrected chi connectivity index (χ1v) is 17.7. The van der Waals surface area contributed by atoms with Gasteiger partial charge in [-0.15, -0.1) is 0 Å². The Morgan fingerprint density at radius 1 is 0.854 bits per heavy atom. The summed E-state index contributed by atoms with van der Waals surface area (Å²) in [4.78, 5) is 11.8. The lowest BCUT2D eigenvalue weighted by Gasteiger charge is -2.61. The summed E-state index contributed by atoms with van der Waals surface area (Å²) in [7, 11) is 1.52. The van der Waals surface area contributed by atoms with Gasteiger partial charge in [-0.25, -0.2) is 0 Å². The third-order valence-corrected chi connectivity index (χ3v) is 12.9. The molecule has 6 heteroatoms. The van der Waals surface area contributed by atoms with Crippen LogP contribution in [0.4, 0.5) is 0 Å². The molecular formula is C35H66N4O2. The van der Waals surface area contributed by atoms with Gasteiger partial charge in [0, 0.05) is 12.5 Å². The second kappa shape index (κ2) is 15.9. The van der Waals surface area contributed by atoms with Crippen LogP contribution in [0.2, 0.25) is 0 Å². The van der Waals surface area contributed by atoms with Gasteiger partial charge in [0.05, 0.1) is 7.11 Å². The molecular weight excluding hydrogens is 508 g/mol. The molecule has 5 N–H and O–H groups in total. The van der Waals surface area contributed by atoms with Crippen molar-refractivity contribution >= 4 is 5.97 Å². The maximum absolute atomic E-state index is 11.8. The van der Waals surface area contributed by atoms with E-state index in [1.54, 1.807) is 0 Å². The van der Waals surface area contributed by atoms with E-state index in [0.29, 0.717) is 23.2 Å². The van der Waals surface area contributed by atoms with Crippen molar-refractivity contribution in [2.45, 2.75) is 123 Å². The number of carbonyl (C=O) groups is 1. The lowest BCUT2D eigenvalue weighted by molar-refractivity contribution is -0.141. The number of unbranched alkanes of at least 4 members (excludes halogenated alkanes) is 1. The Labute approximate surface area is 252 Å². The number of nitrogens with two attached hydrogens (primary N) is 1. The van der Waals surface area contributed by atoms with Crippen molar-refractivity contribution in [2.75, 3.05) is 46.4 Å². The lowest BCUT2D eigenvalue weighted by atomic mass is 9.44. The minimum absolute atomic E-state index is 0.0398. The number of esters is 1. The fourth-order valence-electron chi connectivity index (χ4n) is 10.6. The third-order valence-electron chi connectivity index (χ3n) is 12.9. The van der Waals surface area contributed by atoms with Crippen molar-refractivity contribution in [3.8, 4) is 0 Å². The highest BCUT2D eigenvalue weighted by Crippen LogP contribution is 2.68. The second-order valence-electron chi connectivity index (χ2n) is 15.1. The zero-order valence-electron chi connectivity index (χ0n) is 27.3. The van der Waals surface area contributed by atoms with Crippen LogP contribution >= 0.6 is 0 Å². The summed E-state index contributed by atoms with van der Waals surface area (Å²) in [5.41, 5.74) is 6.57. The minimum atomic E-state index is -0.0398. The van der Waals surface area contributed by atoms with Gasteiger partial charge in [0.15, 0.2) is 0 Å². The van der Waals surface area contributed by atoms with Crippen molar-refractivity contribution in [3.63, 3.8) is 0 Å². The molecule has 4 saturated carbocycles. The predicted molar refractivity (Wildman–Crippen MR) is 171 cm³/mol. The SMILES string of the molecule is COC(=O)CCC(C)[C@H]1CCC2C3CC[C@H]4C[C@@H](NCCCNCCCCNCCCN)CC[C@]4(C)C3CC[C@@]21C. The van der Waals surface area contributed by atoms with Gasteiger partial charge in [-0.2, -0.15) is 0 Å². The van der Waals surface area contributed by atoms with E-state index in [-0.39, 0.29) is 5.97 Å². The summed E-state index contributed by atoms with van der Waals surface area (Å²) in [6.07, 6.45) is 19.2. The largest absolute Gasteiger partial charge is 0.469 e. The average molecular weight is 575 g/mol. The average Bonchev–Trinajstić information content (AvgIpc) is 3.33. The Kier molecular flexibility index (Phi) is 12.8. The van der Waals surface area contributed by atoms with Crippen LogP contribution in [0.15, 0.2) is 0 Å². The standard InChI is InChI=1S/C35H66N4O2/c1-26(9-14-33(40)41-4)30-12-13-31-29-11-10-27-25-28(15-17-34(27,2)32(29)16-18-35(30,31)3)39-24-8-23-38-21-6-5-20-37-22-7-19-36/h26-32,37-39H,5-25,36H2,1-4H3/t26?,27-,28-,29?,30+,31?,32?,34-,35+/m0/s1. The molecule has 4 aliphatic carbocycles. The van der Waals surface area contributed by atoms with Gasteiger partial charge in [0.2, 0.25) is 0 Å². The minimum Gasteiger partial charge on any atom is -0.469 e. The summed E-state index contributed by atoms with van der Waals surface area (Å²) in [6.45, 7) is 14.1. The van der Waals surface area contributed by atoms with Crippen LogP contribution in [0.3, 0.4) is 0 Å². The van der Waals surface area contributed by atoms with E-state index in [4.69, 9.17) is 10.5 Å². The fourth-order valence-corrected chi connectivity index (χ4v) is 10.6. The number of hydrogen-bond acceptors (Lipinski definition) is 6. The van der Waals surface area contributed by atoms with Gasteiger partial charge < -0.3 is 26.4 Å². The zero-order valence-corrected chi connectivity index (χ0v) is 27.3. The molecule has 0 spiro atoms. The van der Waals surface area contributed by atoms with Gasteiger partial charge in [0.25, 0.3) is 0 Å². The molecule has 4 aliphatic rings. The number of methoxy groups -OCH3 is 1. The van der Waals surface area contributed by atoms with E-state index >= 15 is 0 Å². The molecule has 9 atom stereocenters. The molecule has 0 aromatic rings. The second-order valence-corrected chi connectivity index (χ2v) is 15.1. The Hall–Kier alpha value is -0.690. The number of nitrogens with one attached hydrogen (secondary N) is 3. The molecule has 0 aliphatic heterocycles. The van der Waals surface area contributed by atoms with Crippen molar-refractivity contribution < 1.29 is 9.53 Å².